The second kappa shape index (κ2) is 9.31. The summed E-state index contributed by atoms with van der Waals surface area (Å²) >= 11 is 0. The molecule has 1 aliphatic carbocycles. The van der Waals surface area contributed by atoms with E-state index in [0.717, 1.165) is 18.4 Å². The predicted octanol–water partition coefficient (Wildman–Crippen LogP) is 4.65. The molecule has 0 heterocycles. The molecular weight excluding hydrogens is 396 g/mol. The Bertz CT molecular complexity index is 976. The van der Waals surface area contributed by atoms with E-state index in [4.69, 9.17) is 0 Å². The topological polar surface area (TPSA) is 57.7 Å². The Morgan fingerprint density at radius 2 is 1.67 bits per heavy atom. The number of rotatable bonds is 9. The highest BCUT2D eigenvalue weighted by atomic mass is 32.2. The van der Waals surface area contributed by atoms with Gasteiger partial charge in [0, 0.05) is 31.2 Å². The molecule has 0 spiro atoms. The van der Waals surface area contributed by atoms with Crippen molar-refractivity contribution in [1.82, 2.24) is 9.21 Å². The molecule has 0 N–H and O–H groups in total. The van der Waals surface area contributed by atoms with Crippen molar-refractivity contribution in [1.29, 1.82) is 0 Å². The van der Waals surface area contributed by atoms with Gasteiger partial charge in [0.25, 0.3) is 5.91 Å². The summed E-state index contributed by atoms with van der Waals surface area (Å²) in [6.45, 7) is 9.29. The molecule has 0 radical (unpaired) electrons. The summed E-state index contributed by atoms with van der Waals surface area (Å²) in [5, 5.41) is 0. The van der Waals surface area contributed by atoms with Crippen LogP contribution in [0.15, 0.2) is 53.4 Å². The van der Waals surface area contributed by atoms with E-state index in [1.54, 1.807) is 18.2 Å². The molecule has 162 valence electrons. The fourth-order valence-electron chi connectivity index (χ4n) is 3.63. The Kier molecular flexibility index (Phi) is 6.98. The summed E-state index contributed by atoms with van der Waals surface area (Å²) in [5.41, 5.74) is 2.79. The molecule has 5 nitrogen and oxygen atoms in total. The van der Waals surface area contributed by atoms with E-state index < -0.39 is 10.0 Å². The third-order valence-corrected chi connectivity index (χ3v) is 7.72. The van der Waals surface area contributed by atoms with Crippen LogP contribution in [0, 0.1) is 0 Å². The normalized spacial score (nSPS) is 14.3. The highest BCUT2D eigenvalue weighted by Gasteiger charge is 2.33. The number of hydrogen-bond donors (Lipinski definition) is 0. The lowest BCUT2D eigenvalue weighted by molar-refractivity contribution is 0.0729. The van der Waals surface area contributed by atoms with E-state index in [1.165, 1.54) is 15.9 Å². The lowest BCUT2D eigenvalue weighted by Crippen LogP contribution is -2.33. The molecular formula is C24H32N2O3S. The Labute approximate surface area is 180 Å². The van der Waals surface area contributed by atoms with Gasteiger partial charge in [0.1, 0.15) is 0 Å². The van der Waals surface area contributed by atoms with Crippen LogP contribution < -0.4 is 0 Å². The van der Waals surface area contributed by atoms with Gasteiger partial charge in [-0.15, -0.1) is 0 Å². The minimum Gasteiger partial charge on any atom is -0.331 e. The molecule has 2 aromatic carbocycles. The summed E-state index contributed by atoms with van der Waals surface area (Å²) in [5.74, 6) is 0.359. The van der Waals surface area contributed by atoms with Crippen LogP contribution in [-0.4, -0.2) is 42.7 Å². The molecule has 0 saturated heterocycles. The summed E-state index contributed by atoms with van der Waals surface area (Å²) in [4.78, 5) is 15.4. The molecule has 30 heavy (non-hydrogen) atoms. The second-order valence-corrected chi connectivity index (χ2v) is 10.1. The minimum atomic E-state index is -3.60. The van der Waals surface area contributed by atoms with Crippen LogP contribution in [0.5, 0.6) is 0 Å². The average Bonchev–Trinajstić information content (AvgIpc) is 3.58. The van der Waals surface area contributed by atoms with Gasteiger partial charge in [-0.2, -0.15) is 4.31 Å². The first-order valence-electron chi connectivity index (χ1n) is 10.8. The maximum atomic E-state index is 13.3. The quantitative estimate of drug-likeness (QED) is 0.584. The number of carbonyl (C=O) groups excluding carboxylic acids is 1. The molecule has 6 heteroatoms. The van der Waals surface area contributed by atoms with E-state index >= 15 is 0 Å². The van der Waals surface area contributed by atoms with E-state index in [9.17, 15) is 13.2 Å². The van der Waals surface area contributed by atoms with Crippen molar-refractivity contribution in [3.8, 4) is 0 Å². The van der Waals surface area contributed by atoms with E-state index in [1.807, 2.05) is 18.7 Å². The maximum Gasteiger partial charge on any atom is 0.254 e. The van der Waals surface area contributed by atoms with Gasteiger partial charge in [0.15, 0.2) is 0 Å². The maximum absolute atomic E-state index is 13.3. The Morgan fingerprint density at radius 3 is 2.20 bits per heavy atom. The van der Waals surface area contributed by atoms with Crippen LogP contribution in [0.2, 0.25) is 0 Å². The minimum absolute atomic E-state index is 0.109. The lowest BCUT2D eigenvalue weighted by Gasteiger charge is -2.24. The standard InChI is InChI=1S/C24H32N2O3S/c1-5-25(6-2)30(28,29)23-9-7-8-21(16-23)24(27)26(22-14-15-22)17-19-10-12-20(13-11-19)18(3)4/h7-13,16,18,22H,5-6,14-15,17H2,1-4H3. The van der Waals surface area contributed by atoms with Crippen molar-refractivity contribution >= 4 is 15.9 Å². The Hall–Kier alpha value is -2.18. The van der Waals surface area contributed by atoms with Crippen LogP contribution in [0.4, 0.5) is 0 Å². The van der Waals surface area contributed by atoms with Crippen molar-refractivity contribution in [3.63, 3.8) is 0 Å². The molecule has 0 aliphatic heterocycles. The summed E-state index contributed by atoms with van der Waals surface area (Å²) in [6.07, 6.45) is 1.99. The third kappa shape index (κ3) is 4.93. The van der Waals surface area contributed by atoms with Gasteiger partial charge in [0.05, 0.1) is 4.90 Å². The summed E-state index contributed by atoms with van der Waals surface area (Å²) in [7, 11) is -3.60. The van der Waals surface area contributed by atoms with Gasteiger partial charge in [-0.3, -0.25) is 4.79 Å². The van der Waals surface area contributed by atoms with Crippen molar-refractivity contribution < 1.29 is 13.2 Å². The third-order valence-electron chi connectivity index (χ3n) is 5.67. The number of nitrogens with zero attached hydrogens (tertiary/aromatic N) is 2. The molecule has 3 rings (SSSR count). The van der Waals surface area contributed by atoms with Gasteiger partial charge in [-0.25, -0.2) is 8.42 Å². The SMILES string of the molecule is CCN(CC)S(=O)(=O)c1cccc(C(=O)N(Cc2ccc(C(C)C)cc2)C2CC2)c1. The first-order chi connectivity index (χ1) is 14.3. The van der Waals surface area contributed by atoms with E-state index in [-0.39, 0.29) is 16.8 Å². The van der Waals surface area contributed by atoms with Gasteiger partial charge in [0.2, 0.25) is 10.0 Å². The molecule has 0 bridgehead atoms. The Balaban J connectivity index is 1.84. The zero-order chi connectivity index (χ0) is 21.9. The summed E-state index contributed by atoms with van der Waals surface area (Å²) < 4.78 is 27.1. The zero-order valence-electron chi connectivity index (χ0n) is 18.3. The molecule has 2 aromatic rings. The highest BCUT2D eigenvalue weighted by Crippen LogP contribution is 2.30. The highest BCUT2D eigenvalue weighted by molar-refractivity contribution is 7.89. The van der Waals surface area contributed by atoms with Gasteiger partial charge in [-0.1, -0.05) is 58.0 Å². The molecule has 1 amide bonds. The second-order valence-electron chi connectivity index (χ2n) is 8.18. The number of sulfonamides is 1. The van der Waals surface area contributed by atoms with Crippen molar-refractivity contribution in [2.45, 2.75) is 63.9 Å². The van der Waals surface area contributed by atoms with Crippen LogP contribution in [0.25, 0.3) is 0 Å². The fraction of sp³-hybridized carbons (Fsp3) is 0.458. The van der Waals surface area contributed by atoms with Crippen LogP contribution in [-0.2, 0) is 16.6 Å². The number of benzene rings is 2. The lowest BCUT2D eigenvalue weighted by atomic mass is 10.0. The first kappa shape index (κ1) is 22.5. The number of carbonyl (C=O) groups is 1. The molecule has 0 unspecified atom stereocenters. The smallest absolute Gasteiger partial charge is 0.254 e. The monoisotopic (exact) mass is 428 g/mol. The molecule has 1 saturated carbocycles. The van der Waals surface area contributed by atoms with E-state index in [2.05, 4.69) is 38.1 Å². The summed E-state index contributed by atoms with van der Waals surface area (Å²) in [6, 6.07) is 15.1. The number of amides is 1. The Morgan fingerprint density at radius 1 is 1.03 bits per heavy atom. The predicted molar refractivity (Wildman–Crippen MR) is 120 cm³/mol. The van der Waals surface area contributed by atoms with Crippen LogP contribution >= 0.6 is 0 Å². The number of hydrogen-bond acceptors (Lipinski definition) is 3. The zero-order valence-corrected chi connectivity index (χ0v) is 19.2. The first-order valence-corrected chi connectivity index (χ1v) is 12.2. The molecule has 1 fully saturated rings. The fourth-order valence-corrected chi connectivity index (χ4v) is 5.13. The van der Waals surface area contributed by atoms with Crippen molar-refractivity contribution in [2.75, 3.05) is 13.1 Å². The van der Waals surface area contributed by atoms with Crippen molar-refractivity contribution in [3.05, 3.63) is 65.2 Å². The van der Waals surface area contributed by atoms with Crippen molar-refractivity contribution in [2.24, 2.45) is 0 Å². The largest absolute Gasteiger partial charge is 0.331 e. The van der Waals surface area contributed by atoms with E-state index in [0.29, 0.717) is 31.1 Å². The molecule has 0 aromatic heterocycles. The average molecular weight is 429 g/mol. The molecule has 1 aliphatic rings. The molecule has 0 atom stereocenters. The van der Waals surface area contributed by atoms with Crippen LogP contribution in [0.1, 0.15) is 67.9 Å². The van der Waals surface area contributed by atoms with Gasteiger partial charge < -0.3 is 4.90 Å². The van der Waals surface area contributed by atoms with Crippen LogP contribution in [0.3, 0.4) is 0 Å². The van der Waals surface area contributed by atoms with Gasteiger partial charge >= 0.3 is 0 Å². The van der Waals surface area contributed by atoms with Gasteiger partial charge in [-0.05, 0) is 48.1 Å².